The van der Waals surface area contributed by atoms with Gasteiger partial charge in [-0.2, -0.15) is 13.2 Å². The van der Waals surface area contributed by atoms with Crippen LogP contribution in [0, 0.1) is 6.92 Å². The Bertz CT molecular complexity index is 1050. The second-order valence-corrected chi connectivity index (χ2v) is 8.20. The maximum absolute atomic E-state index is 13.5. The zero-order chi connectivity index (χ0) is 21.3. The van der Waals surface area contributed by atoms with Crippen molar-refractivity contribution < 1.29 is 18.0 Å². The summed E-state index contributed by atoms with van der Waals surface area (Å²) in [6, 6.07) is 6.16. The van der Waals surface area contributed by atoms with Crippen LogP contribution in [0.3, 0.4) is 0 Å². The summed E-state index contributed by atoms with van der Waals surface area (Å²) in [5.74, 6) is -0.368. The molecule has 9 heteroatoms. The maximum atomic E-state index is 13.5. The second kappa shape index (κ2) is 8.14. The Kier molecular flexibility index (Phi) is 5.55. The van der Waals surface area contributed by atoms with Crippen LogP contribution in [0.15, 0.2) is 42.0 Å². The van der Waals surface area contributed by atoms with Gasteiger partial charge in [-0.1, -0.05) is 6.07 Å². The quantitative estimate of drug-likeness (QED) is 0.588. The molecule has 0 saturated carbocycles. The van der Waals surface area contributed by atoms with Crippen LogP contribution in [0.4, 0.5) is 13.2 Å². The number of likely N-dealkylation sites (tertiary alicyclic amines) is 1. The lowest BCUT2D eigenvalue weighted by Gasteiger charge is -2.32. The standard InChI is InChI=1S/C21H19F3N4OS/c1-13-11-25-7-6-15(13)20(29)28-8-2-4-14(12-28)19-26-16(17-5-3-9-30-17)10-18(27-19)21(22,23)24/h3,5-7,9-11,14H,2,4,8,12H2,1H3/t14-/m1/s1. The van der Waals surface area contributed by atoms with E-state index in [-0.39, 0.29) is 29.9 Å². The van der Waals surface area contributed by atoms with E-state index in [9.17, 15) is 18.0 Å². The summed E-state index contributed by atoms with van der Waals surface area (Å²) in [4.78, 5) is 27.6. The highest BCUT2D eigenvalue weighted by Gasteiger charge is 2.35. The van der Waals surface area contributed by atoms with Crippen LogP contribution >= 0.6 is 11.3 Å². The number of carbonyl (C=O) groups is 1. The molecule has 5 nitrogen and oxygen atoms in total. The van der Waals surface area contributed by atoms with E-state index < -0.39 is 11.9 Å². The van der Waals surface area contributed by atoms with E-state index in [2.05, 4.69) is 15.0 Å². The minimum atomic E-state index is -4.57. The summed E-state index contributed by atoms with van der Waals surface area (Å²) in [7, 11) is 0. The fourth-order valence-electron chi connectivity index (χ4n) is 3.60. The first-order valence-electron chi connectivity index (χ1n) is 9.53. The first-order valence-corrected chi connectivity index (χ1v) is 10.4. The highest BCUT2D eigenvalue weighted by atomic mass is 32.1. The summed E-state index contributed by atoms with van der Waals surface area (Å²) in [5, 5.41) is 1.79. The first kappa shape index (κ1) is 20.5. The molecule has 1 aliphatic heterocycles. The van der Waals surface area contributed by atoms with E-state index in [1.165, 1.54) is 11.3 Å². The number of amides is 1. The van der Waals surface area contributed by atoms with Gasteiger partial charge in [0.25, 0.3) is 5.91 Å². The number of hydrogen-bond acceptors (Lipinski definition) is 5. The van der Waals surface area contributed by atoms with Crippen LogP contribution in [0.2, 0.25) is 0 Å². The normalized spacial score (nSPS) is 17.2. The number of thiophene rings is 1. The van der Waals surface area contributed by atoms with Crippen molar-refractivity contribution in [2.24, 2.45) is 0 Å². The summed E-state index contributed by atoms with van der Waals surface area (Å²) >= 11 is 1.33. The molecule has 1 fully saturated rings. The number of rotatable bonds is 3. The lowest BCUT2D eigenvalue weighted by Crippen LogP contribution is -2.40. The average molecular weight is 432 g/mol. The van der Waals surface area contributed by atoms with Gasteiger partial charge in [0.2, 0.25) is 0 Å². The van der Waals surface area contributed by atoms with Gasteiger partial charge < -0.3 is 4.90 Å². The molecule has 1 atom stereocenters. The Balaban J connectivity index is 1.65. The van der Waals surface area contributed by atoms with E-state index in [0.29, 0.717) is 29.8 Å². The maximum Gasteiger partial charge on any atom is 0.433 e. The lowest BCUT2D eigenvalue weighted by molar-refractivity contribution is -0.141. The number of nitrogens with zero attached hydrogens (tertiary/aromatic N) is 4. The van der Waals surface area contributed by atoms with E-state index in [1.807, 2.05) is 6.92 Å². The van der Waals surface area contributed by atoms with Gasteiger partial charge in [-0.25, -0.2) is 9.97 Å². The molecule has 3 aromatic heterocycles. The van der Waals surface area contributed by atoms with Crippen LogP contribution < -0.4 is 0 Å². The van der Waals surface area contributed by atoms with E-state index >= 15 is 0 Å². The zero-order valence-corrected chi connectivity index (χ0v) is 17.0. The molecular weight excluding hydrogens is 413 g/mol. The van der Waals surface area contributed by atoms with Gasteiger partial charge in [-0.3, -0.25) is 9.78 Å². The topological polar surface area (TPSA) is 59.0 Å². The molecule has 0 N–H and O–H groups in total. The van der Waals surface area contributed by atoms with Crippen molar-refractivity contribution in [3.63, 3.8) is 0 Å². The Morgan fingerprint density at radius 2 is 2.10 bits per heavy atom. The van der Waals surface area contributed by atoms with Gasteiger partial charge in [-0.05, 0) is 48.9 Å². The van der Waals surface area contributed by atoms with Crippen molar-refractivity contribution in [1.82, 2.24) is 19.9 Å². The molecule has 0 bridgehead atoms. The number of halogens is 3. The van der Waals surface area contributed by atoms with E-state index in [0.717, 1.165) is 11.6 Å². The first-order chi connectivity index (χ1) is 14.3. The molecule has 0 spiro atoms. The van der Waals surface area contributed by atoms with E-state index in [4.69, 9.17) is 0 Å². The van der Waals surface area contributed by atoms with Gasteiger partial charge in [-0.15, -0.1) is 11.3 Å². The monoisotopic (exact) mass is 432 g/mol. The number of alkyl halides is 3. The fourth-order valence-corrected chi connectivity index (χ4v) is 4.29. The minimum absolute atomic E-state index is 0.136. The molecule has 4 rings (SSSR count). The molecule has 3 aromatic rings. The van der Waals surface area contributed by atoms with Gasteiger partial charge in [0, 0.05) is 37.0 Å². The largest absolute Gasteiger partial charge is 0.433 e. The van der Waals surface area contributed by atoms with E-state index in [1.54, 1.807) is 40.9 Å². The Morgan fingerprint density at radius 3 is 2.80 bits per heavy atom. The second-order valence-electron chi connectivity index (χ2n) is 7.25. The number of hydrogen-bond donors (Lipinski definition) is 0. The minimum Gasteiger partial charge on any atom is -0.338 e. The van der Waals surface area contributed by atoms with Crippen LogP contribution in [-0.4, -0.2) is 38.8 Å². The van der Waals surface area contributed by atoms with Crippen LogP contribution in [-0.2, 0) is 6.18 Å². The van der Waals surface area contributed by atoms with Crippen LogP contribution in [0.5, 0.6) is 0 Å². The Hall–Kier alpha value is -2.81. The molecule has 30 heavy (non-hydrogen) atoms. The third-order valence-corrected chi connectivity index (χ3v) is 6.02. The number of piperidine rings is 1. The van der Waals surface area contributed by atoms with Crippen LogP contribution in [0.1, 0.15) is 46.2 Å². The number of aryl methyl sites for hydroxylation is 1. The average Bonchev–Trinajstić information content (AvgIpc) is 3.28. The van der Waals surface area contributed by atoms with Crippen molar-refractivity contribution in [2.75, 3.05) is 13.1 Å². The van der Waals surface area contributed by atoms with Crippen molar-refractivity contribution in [3.8, 4) is 10.6 Å². The molecule has 1 aliphatic rings. The lowest BCUT2D eigenvalue weighted by atomic mass is 9.96. The third kappa shape index (κ3) is 4.21. The predicted molar refractivity (Wildman–Crippen MR) is 107 cm³/mol. The zero-order valence-electron chi connectivity index (χ0n) is 16.2. The molecular formula is C21H19F3N4OS. The van der Waals surface area contributed by atoms with Crippen molar-refractivity contribution in [3.05, 3.63) is 64.7 Å². The molecule has 156 valence electrons. The molecule has 4 heterocycles. The van der Waals surface area contributed by atoms with Crippen molar-refractivity contribution >= 4 is 17.2 Å². The summed E-state index contributed by atoms with van der Waals surface area (Å²) in [6.45, 7) is 2.64. The molecule has 0 unspecified atom stereocenters. The van der Waals surface area contributed by atoms with Gasteiger partial charge in [0.05, 0.1) is 10.6 Å². The smallest absolute Gasteiger partial charge is 0.338 e. The van der Waals surface area contributed by atoms with Crippen LogP contribution in [0.25, 0.3) is 10.6 Å². The molecule has 0 radical (unpaired) electrons. The summed E-state index contributed by atoms with van der Waals surface area (Å²) < 4.78 is 40.4. The molecule has 1 saturated heterocycles. The van der Waals surface area contributed by atoms with Gasteiger partial charge >= 0.3 is 6.18 Å². The summed E-state index contributed by atoms with van der Waals surface area (Å²) in [6.07, 6.45) is -0.0798. The fraction of sp³-hybridized carbons (Fsp3) is 0.333. The van der Waals surface area contributed by atoms with Gasteiger partial charge in [0.15, 0.2) is 0 Å². The van der Waals surface area contributed by atoms with Gasteiger partial charge in [0.1, 0.15) is 11.5 Å². The molecule has 0 aliphatic carbocycles. The molecule has 1 amide bonds. The Labute approximate surface area is 175 Å². The number of aromatic nitrogens is 3. The highest BCUT2D eigenvalue weighted by molar-refractivity contribution is 7.13. The highest BCUT2D eigenvalue weighted by Crippen LogP contribution is 2.34. The number of carbonyl (C=O) groups excluding carboxylic acids is 1. The summed E-state index contributed by atoms with van der Waals surface area (Å²) in [5.41, 5.74) is 0.620. The number of pyridine rings is 1. The Morgan fingerprint density at radius 1 is 1.27 bits per heavy atom. The predicted octanol–water partition coefficient (Wildman–Crippen LogP) is 4.95. The van der Waals surface area contributed by atoms with Crippen molar-refractivity contribution in [2.45, 2.75) is 31.9 Å². The SMILES string of the molecule is Cc1cnccc1C(=O)N1CCC[C@@H](c2nc(-c3cccs3)cc(C(F)(F)F)n2)C1. The van der Waals surface area contributed by atoms with Crippen molar-refractivity contribution in [1.29, 1.82) is 0 Å². The molecule has 0 aromatic carbocycles. The third-order valence-electron chi connectivity index (χ3n) is 5.13.